The fourth-order valence-electron chi connectivity index (χ4n) is 3.80. The van der Waals surface area contributed by atoms with Crippen molar-refractivity contribution in [3.8, 4) is 11.3 Å². The van der Waals surface area contributed by atoms with Crippen molar-refractivity contribution >= 4 is 39.8 Å². The van der Waals surface area contributed by atoms with Crippen LogP contribution in [-0.4, -0.2) is 15.4 Å². The van der Waals surface area contributed by atoms with E-state index in [1.807, 2.05) is 12.1 Å². The normalized spacial score (nSPS) is 14.6. The number of anilines is 1. The molecule has 26 heavy (non-hydrogen) atoms. The van der Waals surface area contributed by atoms with Gasteiger partial charge in [-0.2, -0.15) is 0 Å². The van der Waals surface area contributed by atoms with Crippen LogP contribution in [0.5, 0.6) is 0 Å². The minimum Gasteiger partial charge on any atom is -0.367 e. The Balaban J connectivity index is 0.00000196. The van der Waals surface area contributed by atoms with Crippen molar-refractivity contribution < 1.29 is 4.39 Å². The molecule has 0 spiro atoms. The maximum absolute atomic E-state index is 14.6. The van der Waals surface area contributed by atoms with E-state index in [9.17, 15) is 4.39 Å². The summed E-state index contributed by atoms with van der Waals surface area (Å²) in [5.74, 6) is 0.641. The molecule has 0 saturated heterocycles. The molecule has 1 aliphatic rings. The molecule has 0 bridgehead atoms. The van der Waals surface area contributed by atoms with E-state index < -0.39 is 0 Å². The molecule has 0 aliphatic heterocycles. The van der Waals surface area contributed by atoms with Crippen LogP contribution in [0.15, 0.2) is 34.8 Å². The smallest absolute Gasteiger partial charge is 0.139 e. The first-order chi connectivity index (χ1) is 12.0. The van der Waals surface area contributed by atoms with Crippen molar-refractivity contribution in [1.82, 2.24) is 9.38 Å². The number of benzene rings is 1. The molecule has 138 valence electrons. The Hall–Kier alpha value is -1.59. The van der Waals surface area contributed by atoms with Gasteiger partial charge in [0.25, 0.3) is 0 Å². The zero-order valence-corrected chi connectivity index (χ0v) is 17.3. The summed E-state index contributed by atoms with van der Waals surface area (Å²) in [5, 5.41) is 3.66. The van der Waals surface area contributed by atoms with Gasteiger partial charge in [-0.25, -0.2) is 9.37 Å². The highest BCUT2D eigenvalue weighted by Gasteiger charge is 2.23. The number of imidazole rings is 1. The lowest BCUT2D eigenvalue weighted by Crippen LogP contribution is -2.17. The summed E-state index contributed by atoms with van der Waals surface area (Å²) >= 11 is 3.33. The van der Waals surface area contributed by atoms with Crippen molar-refractivity contribution in [3.05, 3.63) is 51.9 Å². The molecule has 3 aromatic rings. The molecule has 1 N–H and O–H groups in total. The first-order valence-electron chi connectivity index (χ1n) is 8.74. The molecule has 1 aliphatic carbocycles. The number of nitrogens with zero attached hydrogens (tertiary/aromatic N) is 2. The van der Waals surface area contributed by atoms with Crippen LogP contribution < -0.4 is 5.32 Å². The minimum absolute atomic E-state index is 0. The van der Waals surface area contributed by atoms with Crippen molar-refractivity contribution in [2.75, 3.05) is 5.32 Å². The second-order valence-electron chi connectivity index (χ2n) is 6.93. The van der Waals surface area contributed by atoms with Crippen LogP contribution >= 0.6 is 28.3 Å². The predicted molar refractivity (Wildman–Crippen MR) is 111 cm³/mol. The van der Waals surface area contributed by atoms with Crippen LogP contribution in [0.25, 0.3) is 16.9 Å². The van der Waals surface area contributed by atoms with Gasteiger partial charge in [0.05, 0.1) is 0 Å². The number of hydrogen-bond acceptors (Lipinski definition) is 2. The molecular weight excluding hydrogens is 417 g/mol. The molecular formula is C20H22BrClFN3. The zero-order chi connectivity index (χ0) is 17.6. The van der Waals surface area contributed by atoms with E-state index >= 15 is 0 Å². The Morgan fingerprint density at radius 2 is 1.88 bits per heavy atom. The van der Waals surface area contributed by atoms with Gasteiger partial charge in [0.1, 0.15) is 23.0 Å². The number of hydrogen-bond donors (Lipinski definition) is 1. The van der Waals surface area contributed by atoms with Gasteiger partial charge in [0, 0.05) is 21.8 Å². The number of aryl methyl sites for hydroxylation is 2. The summed E-state index contributed by atoms with van der Waals surface area (Å²) < 4.78 is 17.5. The van der Waals surface area contributed by atoms with Gasteiger partial charge in [-0.1, -0.05) is 28.8 Å². The van der Waals surface area contributed by atoms with Crippen molar-refractivity contribution in [2.24, 2.45) is 0 Å². The summed E-state index contributed by atoms with van der Waals surface area (Å²) in [7, 11) is 0. The molecule has 0 amide bonds. The number of nitrogens with one attached hydrogen (secondary N) is 1. The Kier molecular flexibility index (Phi) is 5.58. The monoisotopic (exact) mass is 437 g/mol. The third kappa shape index (κ3) is 3.47. The van der Waals surface area contributed by atoms with E-state index in [1.165, 1.54) is 18.9 Å². The Morgan fingerprint density at radius 3 is 2.58 bits per heavy atom. The third-order valence-electron chi connectivity index (χ3n) is 4.93. The van der Waals surface area contributed by atoms with Gasteiger partial charge in [-0.15, -0.1) is 12.4 Å². The number of rotatable bonds is 3. The topological polar surface area (TPSA) is 29.3 Å². The summed E-state index contributed by atoms with van der Waals surface area (Å²) in [6, 6.07) is 9.77. The van der Waals surface area contributed by atoms with Crippen LogP contribution in [-0.2, 0) is 0 Å². The lowest BCUT2D eigenvalue weighted by atomic mass is 10.1. The second-order valence-corrected chi connectivity index (χ2v) is 7.84. The molecule has 1 aromatic carbocycles. The van der Waals surface area contributed by atoms with E-state index in [2.05, 4.69) is 45.6 Å². The lowest BCUT2D eigenvalue weighted by molar-refractivity contribution is 0.630. The van der Waals surface area contributed by atoms with Crippen LogP contribution in [0.1, 0.15) is 36.9 Å². The first kappa shape index (κ1) is 19.2. The largest absolute Gasteiger partial charge is 0.367 e. The Morgan fingerprint density at radius 1 is 1.15 bits per heavy atom. The van der Waals surface area contributed by atoms with Crippen molar-refractivity contribution in [2.45, 2.75) is 45.6 Å². The fraction of sp³-hybridized carbons (Fsp3) is 0.350. The molecule has 6 heteroatoms. The van der Waals surface area contributed by atoms with Crippen molar-refractivity contribution in [1.29, 1.82) is 0 Å². The van der Waals surface area contributed by atoms with E-state index in [1.54, 1.807) is 6.07 Å². The molecule has 0 atom stereocenters. The van der Waals surface area contributed by atoms with E-state index in [0.29, 0.717) is 17.3 Å². The van der Waals surface area contributed by atoms with Gasteiger partial charge < -0.3 is 5.32 Å². The molecule has 0 radical (unpaired) electrons. The zero-order valence-electron chi connectivity index (χ0n) is 14.9. The molecule has 1 fully saturated rings. The van der Waals surface area contributed by atoms with Gasteiger partial charge in [-0.3, -0.25) is 4.40 Å². The molecule has 4 rings (SSSR count). The van der Waals surface area contributed by atoms with Gasteiger partial charge in [0.2, 0.25) is 0 Å². The maximum atomic E-state index is 14.6. The summed E-state index contributed by atoms with van der Waals surface area (Å²) in [6.07, 6.45) is 4.80. The number of halogens is 3. The minimum atomic E-state index is -0.262. The van der Waals surface area contributed by atoms with Crippen LogP contribution in [0.4, 0.5) is 10.2 Å². The SMILES string of the molecule is Cc1cc(C)n2c(NC3CCCC3)c(-c3ccc(Br)cc3F)nc2c1.Cl. The molecule has 3 nitrogen and oxygen atoms in total. The average molecular weight is 439 g/mol. The van der Waals surface area contributed by atoms with Gasteiger partial charge in [-0.05, 0) is 62.6 Å². The average Bonchev–Trinajstić information content (AvgIpc) is 3.16. The quantitative estimate of drug-likeness (QED) is 0.520. The summed E-state index contributed by atoms with van der Waals surface area (Å²) in [4.78, 5) is 4.78. The fourth-order valence-corrected chi connectivity index (χ4v) is 4.13. The lowest BCUT2D eigenvalue weighted by Gasteiger charge is -2.16. The highest BCUT2D eigenvalue weighted by Crippen LogP contribution is 2.35. The van der Waals surface area contributed by atoms with Crippen LogP contribution in [0.3, 0.4) is 0 Å². The summed E-state index contributed by atoms with van der Waals surface area (Å²) in [6.45, 7) is 4.13. The van der Waals surface area contributed by atoms with E-state index in [4.69, 9.17) is 4.98 Å². The Labute approximate surface area is 167 Å². The molecule has 0 unspecified atom stereocenters. The maximum Gasteiger partial charge on any atom is 0.139 e. The van der Waals surface area contributed by atoms with Crippen molar-refractivity contribution in [3.63, 3.8) is 0 Å². The predicted octanol–water partition coefficient (Wildman–Crippen LogP) is 6.30. The van der Waals surface area contributed by atoms with E-state index in [0.717, 1.165) is 40.0 Å². The summed E-state index contributed by atoms with van der Waals surface area (Å²) in [5.41, 5.74) is 4.34. The highest BCUT2D eigenvalue weighted by molar-refractivity contribution is 9.10. The molecule has 1 saturated carbocycles. The first-order valence-corrected chi connectivity index (χ1v) is 9.54. The molecule has 2 aromatic heterocycles. The second kappa shape index (κ2) is 7.57. The van der Waals surface area contributed by atoms with Crippen LogP contribution in [0.2, 0.25) is 0 Å². The Bertz CT molecular complexity index is 948. The van der Waals surface area contributed by atoms with Gasteiger partial charge >= 0.3 is 0 Å². The number of aromatic nitrogens is 2. The third-order valence-corrected chi connectivity index (χ3v) is 5.42. The number of pyridine rings is 1. The standard InChI is InChI=1S/C20H21BrFN3.ClH/c1-12-9-13(2)25-18(10-12)24-19(16-8-7-14(21)11-17(16)22)20(25)23-15-5-3-4-6-15;/h7-11,15,23H,3-6H2,1-2H3;1H. The molecule has 2 heterocycles. The van der Waals surface area contributed by atoms with E-state index in [-0.39, 0.29) is 18.2 Å². The number of fused-ring (bicyclic) bond motifs is 1. The van der Waals surface area contributed by atoms with Crippen LogP contribution in [0, 0.1) is 19.7 Å². The van der Waals surface area contributed by atoms with Gasteiger partial charge in [0.15, 0.2) is 0 Å². The highest BCUT2D eigenvalue weighted by atomic mass is 79.9.